The van der Waals surface area contributed by atoms with E-state index < -0.39 is 5.97 Å². The number of aryl methyl sites for hydroxylation is 1. The van der Waals surface area contributed by atoms with Crippen LogP contribution in [0.25, 0.3) is 11.5 Å². The highest BCUT2D eigenvalue weighted by Gasteiger charge is 2.23. The van der Waals surface area contributed by atoms with Gasteiger partial charge < -0.3 is 14.4 Å². The van der Waals surface area contributed by atoms with E-state index in [2.05, 4.69) is 15.3 Å². The number of nitrogens with zero attached hydrogens (tertiary/aromatic N) is 5. The quantitative estimate of drug-likeness (QED) is 0.889. The molecule has 2 heterocycles. The number of hydrogen-bond acceptors (Lipinski definition) is 5. The molecule has 0 aliphatic carbocycles. The Balaban J connectivity index is 2.30. The lowest BCUT2D eigenvalue weighted by Gasteiger charge is -2.19. The van der Waals surface area contributed by atoms with E-state index in [1.807, 2.05) is 20.8 Å². The smallest absolute Gasteiger partial charge is 0.358 e. The monoisotopic (exact) mass is 293 g/mol. The molecule has 0 fully saturated rings. The maximum Gasteiger partial charge on any atom is 0.358 e. The van der Waals surface area contributed by atoms with Gasteiger partial charge in [0.05, 0.1) is 18.8 Å². The largest absolute Gasteiger partial charge is 0.476 e. The number of aromatic carboxylic acids is 1. The normalized spacial score (nSPS) is 11.8. The summed E-state index contributed by atoms with van der Waals surface area (Å²) in [6, 6.07) is 0. The lowest BCUT2D eigenvalue weighted by atomic mass is 10.2. The van der Waals surface area contributed by atoms with Crippen molar-refractivity contribution in [1.29, 1.82) is 0 Å². The predicted molar refractivity (Wildman–Crippen MR) is 74.9 cm³/mol. The highest BCUT2D eigenvalue weighted by molar-refractivity contribution is 5.91. The van der Waals surface area contributed by atoms with Crippen LogP contribution < -0.4 is 0 Å². The average Bonchev–Trinajstić information content (AvgIpc) is 2.93. The highest BCUT2D eigenvalue weighted by Crippen LogP contribution is 2.20. The third-order valence-corrected chi connectivity index (χ3v) is 2.81. The molecule has 0 aliphatic heterocycles. The molecule has 0 atom stereocenters. The Hall–Kier alpha value is -2.22. The Morgan fingerprint density at radius 1 is 1.43 bits per heavy atom. The number of carbonyl (C=O) groups is 1. The van der Waals surface area contributed by atoms with Crippen molar-refractivity contribution in [3.05, 3.63) is 18.1 Å². The first kappa shape index (κ1) is 15.2. The van der Waals surface area contributed by atoms with E-state index in [1.165, 1.54) is 4.68 Å². The molecule has 21 heavy (non-hydrogen) atoms. The number of aromatic nitrogens is 5. The van der Waals surface area contributed by atoms with Gasteiger partial charge in [0.15, 0.2) is 5.82 Å². The summed E-state index contributed by atoms with van der Waals surface area (Å²) in [6.45, 7) is 6.67. The zero-order chi connectivity index (χ0) is 15.6. The van der Waals surface area contributed by atoms with E-state index in [0.29, 0.717) is 24.7 Å². The fourth-order valence-corrected chi connectivity index (χ4v) is 1.87. The molecule has 0 radical (unpaired) electrons. The van der Waals surface area contributed by atoms with Crippen LogP contribution in [0.5, 0.6) is 0 Å². The molecule has 2 aromatic rings. The van der Waals surface area contributed by atoms with Crippen LogP contribution in [0.15, 0.2) is 12.4 Å². The number of hydrogen-bond donors (Lipinski definition) is 1. The second-order valence-electron chi connectivity index (χ2n) is 5.64. The molecule has 0 aromatic carbocycles. The van der Waals surface area contributed by atoms with Gasteiger partial charge in [0.25, 0.3) is 0 Å². The van der Waals surface area contributed by atoms with Crippen molar-refractivity contribution in [3.63, 3.8) is 0 Å². The number of rotatable bonds is 5. The summed E-state index contributed by atoms with van der Waals surface area (Å²) in [4.78, 5) is 15.5. The van der Waals surface area contributed by atoms with Crippen LogP contribution in [0.2, 0.25) is 0 Å². The zero-order valence-corrected chi connectivity index (χ0v) is 12.6. The first-order valence-electron chi connectivity index (χ1n) is 6.58. The van der Waals surface area contributed by atoms with Crippen LogP contribution >= 0.6 is 0 Å². The summed E-state index contributed by atoms with van der Waals surface area (Å²) in [5.41, 5.74) is 0.00661. The molecule has 2 aromatic heterocycles. The van der Waals surface area contributed by atoms with E-state index in [4.69, 9.17) is 4.74 Å². The minimum Gasteiger partial charge on any atom is -0.476 e. The Labute approximate surface area is 122 Å². The van der Waals surface area contributed by atoms with Crippen LogP contribution in [-0.2, 0) is 18.3 Å². The molecule has 8 heteroatoms. The van der Waals surface area contributed by atoms with Gasteiger partial charge in [-0.15, -0.1) is 5.10 Å². The summed E-state index contributed by atoms with van der Waals surface area (Å²) in [6.07, 6.45) is 3.34. The molecule has 2 rings (SSSR count). The van der Waals surface area contributed by atoms with Crippen LogP contribution in [0.1, 0.15) is 31.3 Å². The average molecular weight is 293 g/mol. The summed E-state index contributed by atoms with van der Waals surface area (Å²) in [5, 5.41) is 16.9. The fraction of sp³-hybridized carbons (Fsp3) is 0.538. The van der Waals surface area contributed by atoms with Crippen LogP contribution in [0.4, 0.5) is 0 Å². The molecule has 0 amide bonds. The van der Waals surface area contributed by atoms with Gasteiger partial charge in [-0.25, -0.2) is 14.5 Å². The van der Waals surface area contributed by atoms with Gasteiger partial charge in [-0.05, 0) is 20.8 Å². The highest BCUT2D eigenvalue weighted by atomic mass is 16.5. The van der Waals surface area contributed by atoms with Gasteiger partial charge in [0.2, 0.25) is 5.69 Å². The molecule has 0 saturated heterocycles. The third kappa shape index (κ3) is 3.46. The van der Waals surface area contributed by atoms with Crippen LogP contribution in [0.3, 0.4) is 0 Å². The first-order valence-corrected chi connectivity index (χ1v) is 6.58. The molecular formula is C13H19N5O3. The van der Waals surface area contributed by atoms with Gasteiger partial charge in [-0.3, -0.25) is 0 Å². The van der Waals surface area contributed by atoms with Gasteiger partial charge >= 0.3 is 5.97 Å². The lowest BCUT2D eigenvalue weighted by molar-refractivity contribution is -0.00792. The maximum atomic E-state index is 11.3. The number of imidazole rings is 1. The minimum atomic E-state index is -1.13. The van der Waals surface area contributed by atoms with Crippen molar-refractivity contribution in [2.24, 2.45) is 7.05 Å². The van der Waals surface area contributed by atoms with Gasteiger partial charge in [0.1, 0.15) is 5.69 Å². The van der Waals surface area contributed by atoms with Crippen molar-refractivity contribution in [1.82, 2.24) is 24.5 Å². The van der Waals surface area contributed by atoms with Crippen LogP contribution in [-0.4, -0.2) is 47.8 Å². The van der Waals surface area contributed by atoms with Gasteiger partial charge in [0, 0.05) is 19.4 Å². The van der Waals surface area contributed by atoms with Crippen molar-refractivity contribution < 1.29 is 14.6 Å². The fourth-order valence-electron chi connectivity index (χ4n) is 1.87. The molecule has 0 bridgehead atoms. The van der Waals surface area contributed by atoms with Gasteiger partial charge in [-0.2, -0.15) is 0 Å². The molecule has 1 N–H and O–H groups in total. The van der Waals surface area contributed by atoms with E-state index >= 15 is 0 Å². The van der Waals surface area contributed by atoms with Crippen molar-refractivity contribution in [2.45, 2.75) is 32.9 Å². The predicted octanol–water partition coefficient (Wildman–Crippen LogP) is 1.19. The van der Waals surface area contributed by atoms with E-state index in [-0.39, 0.29) is 11.3 Å². The molecule has 0 aliphatic rings. The topological polar surface area (TPSA) is 95.1 Å². The maximum absolute atomic E-state index is 11.3. The minimum absolute atomic E-state index is 0.111. The number of carboxylic acid groups (broad SMARTS) is 1. The molecule has 8 nitrogen and oxygen atoms in total. The standard InChI is InChI=1S/C13H19N5O3/c1-13(2,3)21-8-7-18-10(9(12(19)20)15-16-18)11-14-5-6-17(11)4/h5-6H,7-8H2,1-4H3,(H,19,20). The van der Waals surface area contributed by atoms with E-state index in [1.54, 1.807) is 24.0 Å². The Bertz CT molecular complexity index is 639. The molecule has 0 saturated carbocycles. The zero-order valence-electron chi connectivity index (χ0n) is 12.6. The van der Waals surface area contributed by atoms with Crippen molar-refractivity contribution in [3.8, 4) is 11.5 Å². The second kappa shape index (κ2) is 5.65. The van der Waals surface area contributed by atoms with E-state index in [9.17, 15) is 9.90 Å². The van der Waals surface area contributed by atoms with Crippen molar-refractivity contribution in [2.75, 3.05) is 6.61 Å². The molecule has 114 valence electrons. The van der Waals surface area contributed by atoms with Crippen molar-refractivity contribution >= 4 is 5.97 Å². The Morgan fingerprint density at radius 2 is 2.14 bits per heavy atom. The number of carboxylic acids is 1. The Morgan fingerprint density at radius 3 is 2.67 bits per heavy atom. The summed E-state index contributed by atoms with van der Waals surface area (Å²) in [5.74, 6) is -0.621. The molecule has 0 unspecified atom stereocenters. The molecule has 0 spiro atoms. The number of ether oxygens (including phenoxy) is 1. The first-order chi connectivity index (χ1) is 9.79. The summed E-state index contributed by atoms with van der Waals surface area (Å²) in [7, 11) is 1.79. The summed E-state index contributed by atoms with van der Waals surface area (Å²) < 4.78 is 8.88. The Kier molecular flexibility index (Phi) is 4.08. The second-order valence-corrected chi connectivity index (χ2v) is 5.64. The molecular weight excluding hydrogens is 274 g/mol. The lowest BCUT2D eigenvalue weighted by Crippen LogP contribution is -2.22. The van der Waals surface area contributed by atoms with Gasteiger partial charge in [-0.1, -0.05) is 5.21 Å². The van der Waals surface area contributed by atoms with E-state index in [0.717, 1.165) is 0 Å². The summed E-state index contributed by atoms with van der Waals surface area (Å²) >= 11 is 0. The SMILES string of the molecule is Cn1ccnc1-c1c(C(=O)O)nnn1CCOC(C)(C)C. The van der Waals surface area contributed by atoms with Crippen LogP contribution in [0, 0.1) is 0 Å². The third-order valence-electron chi connectivity index (χ3n) is 2.81.